The van der Waals surface area contributed by atoms with Gasteiger partial charge >= 0.3 is 0 Å². The van der Waals surface area contributed by atoms with Gasteiger partial charge in [0.2, 0.25) is 0 Å². The standard InChI is InChI=1S/C20H20N2O2S3/c1-21(13-17(23)15-9-5-3-6-10-15)19(25)27-20(26)22(2)14-18(24)16-11-7-4-8-12-16/h3-12H,13-14H2,1-2H3. The van der Waals surface area contributed by atoms with Crippen LogP contribution in [0.3, 0.4) is 0 Å². The van der Waals surface area contributed by atoms with Crippen LogP contribution in [0.4, 0.5) is 0 Å². The topological polar surface area (TPSA) is 40.6 Å². The Hall–Kier alpha value is -2.09. The van der Waals surface area contributed by atoms with Crippen LogP contribution in [0.15, 0.2) is 60.7 Å². The van der Waals surface area contributed by atoms with Gasteiger partial charge < -0.3 is 9.80 Å². The van der Waals surface area contributed by atoms with Crippen LogP contribution in [0.1, 0.15) is 20.7 Å². The fraction of sp³-hybridized carbons (Fsp3) is 0.200. The lowest BCUT2D eigenvalue weighted by Gasteiger charge is -2.23. The number of carbonyl (C=O) groups is 2. The molecule has 0 fully saturated rings. The van der Waals surface area contributed by atoms with Gasteiger partial charge in [0.1, 0.15) is 8.64 Å². The summed E-state index contributed by atoms with van der Waals surface area (Å²) in [5.41, 5.74) is 1.29. The van der Waals surface area contributed by atoms with Gasteiger partial charge in [-0.05, 0) is 11.8 Å². The molecule has 7 heteroatoms. The molecule has 2 aromatic rings. The van der Waals surface area contributed by atoms with Gasteiger partial charge in [-0.15, -0.1) is 0 Å². The molecule has 0 heterocycles. The van der Waals surface area contributed by atoms with Crippen molar-refractivity contribution in [3.8, 4) is 0 Å². The summed E-state index contributed by atoms with van der Waals surface area (Å²) in [5, 5.41) is 0. The second kappa shape index (κ2) is 10.3. The minimum absolute atomic E-state index is 0.0143. The highest BCUT2D eigenvalue weighted by Gasteiger charge is 2.17. The molecule has 0 spiro atoms. The molecule has 0 aromatic heterocycles. The van der Waals surface area contributed by atoms with Crippen LogP contribution < -0.4 is 0 Å². The molecule has 2 aromatic carbocycles. The predicted octanol–water partition coefficient (Wildman–Crippen LogP) is 3.92. The van der Waals surface area contributed by atoms with E-state index in [2.05, 4.69) is 0 Å². The first kappa shape index (κ1) is 21.2. The summed E-state index contributed by atoms with van der Waals surface area (Å²) in [6, 6.07) is 18.2. The third kappa shape index (κ3) is 6.53. The Morgan fingerprint density at radius 1 is 0.741 bits per heavy atom. The van der Waals surface area contributed by atoms with E-state index < -0.39 is 0 Å². The van der Waals surface area contributed by atoms with Crippen LogP contribution in [0.2, 0.25) is 0 Å². The normalized spacial score (nSPS) is 10.1. The minimum atomic E-state index is -0.0143. The summed E-state index contributed by atoms with van der Waals surface area (Å²) < 4.78 is 0.978. The van der Waals surface area contributed by atoms with Gasteiger partial charge in [-0.1, -0.05) is 85.1 Å². The first-order chi connectivity index (χ1) is 12.9. The number of thioether (sulfide) groups is 1. The highest BCUT2D eigenvalue weighted by molar-refractivity contribution is 8.37. The van der Waals surface area contributed by atoms with Gasteiger partial charge in [0.15, 0.2) is 11.6 Å². The number of nitrogens with zero attached hydrogens (tertiary/aromatic N) is 2. The zero-order chi connectivity index (χ0) is 19.8. The molecule has 140 valence electrons. The van der Waals surface area contributed by atoms with Crippen LogP contribution in [0.25, 0.3) is 0 Å². The van der Waals surface area contributed by atoms with Crippen molar-refractivity contribution in [2.45, 2.75) is 0 Å². The fourth-order valence-corrected chi connectivity index (χ4v) is 3.57. The van der Waals surface area contributed by atoms with Gasteiger partial charge in [-0.2, -0.15) is 0 Å². The Morgan fingerprint density at radius 2 is 1.07 bits per heavy atom. The average molecular weight is 417 g/mol. The largest absolute Gasteiger partial charge is 0.353 e. The second-order valence-corrected chi connectivity index (χ2v) is 8.19. The van der Waals surface area contributed by atoms with Crippen LogP contribution >= 0.6 is 36.2 Å². The average Bonchev–Trinajstić information content (AvgIpc) is 2.68. The Balaban J connectivity index is 1.85. The third-order valence-electron chi connectivity index (χ3n) is 3.75. The molecule has 0 bridgehead atoms. The lowest BCUT2D eigenvalue weighted by Crippen LogP contribution is -2.33. The van der Waals surface area contributed by atoms with Crippen molar-refractivity contribution < 1.29 is 9.59 Å². The Bertz CT molecular complexity index is 756. The maximum atomic E-state index is 12.3. The molecule has 0 aliphatic carbocycles. The minimum Gasteiger partial charge on any atom is -0.353 e. The van der Waals surface area contributed by atoms with Crippen molar-refractivity contribution >= 4 is 56.4 Å². The summed E-state index contributed by atoms with van der Waals surface area (Å²) >= 11 is 12.0. The number of rotatable bonds is 6. The van der Waals surface area contributed by atoms with Crippen LogP contribution in [-0.2, 0) is 0 Å². The van der Waals surface area contributed by atoms with E-state index in [1.54, 1.807) is 48.2 Å². The lowest BCUT2D eigenvalue weighted by atomic mass is 10.1. The number of hydrogen-bond acceptors (Lipinski definition) is 5. The summed E-state index contributed by atoms with van der Waals surface area (Å²) in [6.07, 6.45) is 0. The second-order valence-electron chi connectivity index (χ2n) is 5.92. The summed E-state index contributed by atoms with van der Waals surface area (Å²) in [4.78, 5) is 27.9. The molecule has 2 rings (SSSR count). The monoisotopic (exact) mass is 416 g/mol. The van der Waals surface area contributed by atoms with Crippen LogP contribution in [-0.4, -0.2) is 57.2 Å². The van der Waals surface area contributed by atoms with Gasteiger partial charge in [0.05, 0.1) is 13.1 Å². The van der Waals surface area contributed by atoms with Crippen molar-refractivity contribution in [3.05, 3.63) is 71.8 Å². The van der Waals surface area contributed by atoms with Crippen molar-refractivity contribution in [2.24, 2.45) is 0 Å². The third-order valence-corrected chi connectivity index (χ3v) is 5.85. The van der Waals surface area contributed by atoms with Crippen molar-refractivity contribution in [3.63, 3.8) is 0 Å². The number of thiocarbonyl (C=S) groups is 2. The molecule has 0 N–H and O–H groups in total. The maximum Gasteiger partial charge on any atom is 0.182 e. The predicted molar refractivity (Wildman–Crippen MR) is 120 cm³/mol. The number of Topliss-reactive ketones (excluding diaryl/α,β-unsaturated/α-hetero) is 2. The van der Waals surface area contributed by atoms with Crippen molar-refractivity contribution in [2.75, 3.05) is 27.2 Å². The van der Waals surface area contributed by atoms with Crippen LogP contribution in [0.5, 0.6) is 0 Å². The molecule has 0 unspecified atom stereocenters. The first-order valence-electron chi connectivity index (χ1n) is 8.23. The smallest absolute Gasteiger partial charge is 0.182 e. The van der Waals surface area contributed by atoms with Gasteiger partial charge in [-0.25, -0.2) is 0 Å². The highest BCUT2D eigenvalue weighted by atomic mass is 32.2. The van der Waals surface area contributed by atoms with E-state index in [0.29, 0.717) is 19.8 Å². The molecular weight excluding hydrogens is 396 g/mol. The summed E-state index contributed by atoms with van der Waals surface area (Å²) in [7, 11) is 3.52. The quantitative estimate of drug-likeness (QED) is 0.522. The molecule has 0 saturated heterocycles. The lowest BCUT2D eigenvalue weighted by molar-refractivity contribution is 0.0964. The van der Waals surface area contributed by atoms with E-state index in [4.69, 9.17) is 24.4 Å². The molecule has 0 radical (unpaired) electrons. The molecule has 0 aliphatic heterocycles. The van der Waals surface area contributed by atoms with E-state index in [1.807, 2.05) is 36.4 Å². The SMILES string of the molecule is CN(CC(=O)c1ccccc1)C(=S)SC(=S)N(C)CC(=O)c1ccccc1. The van der Waals surface area contributed by atoms with E-state index >= 15 is 0 Å². The number of carbonyl (C=O) groups excluding carboxylic acids is 2. The Morgan fingerprint density at radius 3 is 1.41 bits per heavy atom. The number of benzene rings is 2. The highest BCUT2D eigenvalue weighted by Crippen LogP contribution is 2.15. The molecule has 0 saturated carbocycles. The van der Waals surface area contributed by atoms with Crippen molar-refractivity contribution in [1.82, 2.24) is 9.80 Å². The van der Waals surface area contributed by atoms with Gasteiger partial charge in [0, 0.05) is 25.2 Å². The van der Waals surface area contributed by atoms with E-state index in [0.717, 1.165) is 0 Å². The maximum absolute atomic E-state index is 12.3. The zero-order valence-corrected chi connectivity index (χ0v) is 17.6. The number of likely N-dealkylation sites (N-methyl/N-ethyl adjacent to an activating group) is 2. The van der Waals surface area contributed by atoms with Crippen LogP contribution in [0, 0.1) is 0 Å². The summed E-state index contributed by atoms with van der Waals surface area (Å²) in [5.74, 6) is -0.0286. The molecular formula is C20H20N2O2S3. The van der Waals surface area contributed by atoms with E-state index in [-0.39, 0.29) is 24.7 Å². The summed E-state index contributed by atoms with van der Waals surface area (Å²) in [6.45, 7) is 0.343. The number of ketones is 2. The molecule has 27 heavy (non-hydrogen) atoms. The Kier molecular flexibility index (Phi) is 8.09. The molecule has 0 aliphatic rings. The molecule has 0 amide bonds. The number of hydrogen-bond donors (Lipinski definition) is 0. The van der Waals surface area contributed by atoms with Crippen molar-refractivity contribution in [1.29, 1.82) is 0 Å². The van der Waals surface area contributed by atoms with Gasteiger partial charge in [0.25, 0.3) is 0 Å². The van der Waals surface area contributed by atoms with Gasteiger partial charge in [-0.3, -0.25) is 9.59 Å². The fourth-order valence-electron chi connectivity index (χ4n) is 2.22. The van der Waals surface area contributed by atoms with E-state index in [1.165, 1.54) is 11.8 Å². The molecule has 4 nitrogen and oxygen atoms in total. The molecule has 0 atom stereocenters. The zero-order valence-electron chi connectivity index (χ0n) is 15.1. The van der Waals surface area contributed by atoms with E-state index in [9.17, 15) is 9.59 Å². The first-order valence-corrected chi connectivity index (χ1v) is 9.86. The Labute approximate surface area is 174 Å².